The number of carbonyl (C=O) groups is 4. The Labute approximate surface area is 190 Å². The molecule has 1 N–H and O–H groups in total. The zero-order chi connectivity index (χ0) is 23.6. The third-order valence-electron chi connectivity index (χ3n) is 5.57. The maximum absolute atomic E-state index is 12.4. The number of nitrogens with zero attached hydrogens (tertiary/aromatic N) is 2. The number of carbonyl (C=O) groups excluding carboxylic acids is 4. The van der Waals surface area contributed by atoms with E-state index in [4.69, 9.17) is 16.3 Å². The maximum atomic E-state index is 12.4. The molecule has 12 heteroatoms. The number of sulfonamides is 1. The first-order valence-corrected chi connectivity index (χ1v) is 11.9. The van der Waals surface area contributed by atoms with E-state index in [1.54, 1.807) is 0 Å². The number of halogens is 1. The molecule has 10 nitrogen and oxygen atoms in total. The van der Waals surface area contributed by atoms with Gasteiger partial charge in [0.15, 0.2) is 6.61 Å². The second-order valence-corrected chi connectivity index (χ2v) is 10.5. The molecule has 1 saturated heterocycles. The smallest absolute Gasteiger partial charge is 0.326 e. The second-order valence-electron chi connectivity index (χ2n) is 7.90. The SMILES string of the molecule is CN(C)S(=O)(=O)c1ccc(Cl)c(NC(=O)COC(=O)CN2C(=O)[C@H]3CCCC[C@@H]3C2=O)c1. The molecule has 2 aliphatic rings. The Morgan fingerprint density at radius 2 is 1.75 bits per heavy atom. The van der Waals surface area contributed by atoms with Crippen molar-refractivity contribution < 1.29 is 32.3 Å². The van der Waals surface area contributed by atoms with Crippen molar-refractivity contribution in [2.75, 3.05) is 32.6 Å². The summed E-state index contributed by atoms with van der Waals surface area (Å²) >= 11 is 6.03. The summed E-state index contributed by atoms with van der Waals surface area (Å²) < 4.78 is 30.4. The maximum Gasteiger partial charge on any atom is 0.326 e. The van der Waals surface area contributed by atoms with Crippen LogP contribution in [0.3, 0.4) is 0 Å². The zero-order valence-corrected chi connectivity index (χ0v) is 19.2. The molecule has 174 valence electrons. The fourth-order valence-electron chi connectivity index (χ4n) is 3.87. The van der Waals surface area contributed by atoms with Crippen molar-refractivity contribution in [3.63, 3.8) is 0 Å². The molecule has 0 aromatic heterocycles. The van der Waals surface area contributed by atoms with Crippen LogP contribution in [-0.4, -0.2) is 68.6 Å². The van der Waals surface area contributed by atoms with E-state index in [1.165, 1.54) is 32.3 Å². The number of ether oxygens (including phenoxy) is 1. The monoisotopic (exact) mass is 485 g/mol. The lowest BCUT2D eigenvalue weighted by atomic mass is 9.81. The zero-order valence-electron chi connectivity index (χ0n) is 17.7. The van der Waals surface area contributed by atoms with Crippen molar-refractivity contribution in [3.8, 4) is 0 Å². The molecule has 0 unspecified atom stereocenters. The number of nitrogens with one attached hydrogen (secondary N) is 1. The van der Waals surface area contributed by atoms with Crippen LogP contribution in [0, 0.1) is 11.8 Å². The normalized spacial score (nSPS) is 20.9. The molecular weight excluding hydrogens is 462 g/mol. The fraction of sp³-hybridized carbons (Fsp3) is 0.500. The average molecular weight is 486 g/mol. The molecule has 1 aliphatic carbocycles. The van der Waals surface area contributed by atoms with Crippen molar-refractivity contribution in [1.82, 2.24) is 9.21 Å². The van der Waals surface area contributed by atoms with Crippen LogP contribution in [0.1, 0.15) is 25.7 Å². The first kappa shape index (κ1) is 24.1. The number of hydrogen-bond donors (Lipinski definition) is 1. The van der Waals surface area contributed by atoms with Gasteiger partial charge in [0.1, 0.15) is 6.54 Å². The minimum atomic E-state index is -3.74. The van der Waals surface area contributed by atoms with Gasteiger partial charge in [-0.3, -0.25) is 24.1 Å². The van der Waals surface area contributed by atoms with Crippen LogP contribution in [0.15, 0.2) is 23.1 Å². The fourth-order valence-corrected chi connectivity index (χ4v) is 4.96. The summed E-state index contributed by atoms with van der Waals surface area (Å²) in [6.07, 6.45) is 3.01. The Morgan fingerprint density at radius 1 is 1.16 bits per heavy atom. The Hall–Kier alpha value is -2.50. The van der Waals surface area contributed by atoms with Crippen molar-refractivity contribution in [2.24, 2.45) is 11.8 Å². The Balaban J connectivity index is 1.57. The molecule has 0 spiro atoms. The molecule has 3 rings (SSSR count). The predicted octanol–water partition coefficient (Wildman–Crippen LogP) is 1.25. The Morgan fingerprint density at radius 3 is 2.31 bits per heavy atom. The van der Waals surface area contributed by atoms with Crippen molar-refractivity contribution in [3.05, 3.63) is 23.2 Å². The highest BCUT2D eigenvalue weighted by molar-refractivity contribution is 7.89. The van der Waals surface area contributed by atoms with Gasteiger partial charge in [0.2, 0.25) is 21.8 Å². The molecule has 1 saturated carbocycles. The van der Waals surface area contributed by atoms with E-state index in [2.05, 4.69) is 5.32 Å². The van der Waals surface area contributed by atoms with Crippen LogP contribution in [-0.2, 0) is 33.9 Å². The van der Waals surface area contributed by atoms with E-state index >= 15 is 0 Å². The number of esters is 1. The highest BCUT2D eigenvalue weighted by Crippen LogP contribution is 2.37. The molecule has 1 aliphatic heterocycles. The molecule has 1 aromatic carbocycles. The lowest BCUT2D eigenvalue weighted by molar-refractivity contribution is -0.154. The number of fused-ring (bicyclic) bond motifs is 1. The van der Waals surface area contributed by atoms with Gasteiger partial charge in [0, 0.05) is 14.1 Å². The number of benzene rings is 1. The minimum absolute atomic E-state index is 0.0321. The standard InChI is InChI=1S/C20H24ClN3O7S/c1-23(2)32(29,30)12-7-8-15(21)16(9-12)22-17(25)11-31-18(26)10-24-19(27)13-5-3-4-6-14(13)20(24)28/h7-9,13-14H,3-6,10-11H2,1-2H3,(H,22,25)/t13-,14-/m0/s1. The van der Waals surface area contributed by atoms with Gasteiger partial charge in [-0.25, -0.2) is 12.7 Å². The summed E-state index contributed by atoms with van der Waals surface area (Å²) in [5, 5.41) is 2.49. The minimum Gasteiger partial charge on any atom is -0.454 e. The topological polar surface area (TPSA) is 130 Å². The number of amides is 3. The predicted molar refractivity (Wildman–Crippen MR) is 114 cm³/mol. The number of likely N-dealkylation sites (tertiary alicyclic amines) is 1. The van der Waals surface area contributed by atoms with Gasteiger partial charge in [-0.15, -0.1) is 0 Å². The molecule has 2 atom stereocenters. The summed E-state index contributed by atoms with van der Waals surface area (Å²) in [4.78, 5) is 50.0. The number of rotatable bonds is 7. The van der Waals surface area contributed by atoms with Gasteiger partial charge in [0.25, 0.3) is 5.91 Å². The summed E-state index contributed by atoms with van der Waals surface area (Å²) in [5.41, 5.74) is 0.0321. The van der Waals surface area contributed by atoms with Crippen LogP contribution in [0.25, 0.3) is 0 Å². The molecule has 0 radical (unpaired) electrons. The number of imide groups is 1. The Bertz CT molecular complexity index is 1030. The number of hydrogen-bond acceptors (Lipinski definition) is 7. The van der Waals surface area contributed by atoms with Gasteiger partial charge in [-0.2, -0.15) is 0 Å². The second kappa shape index (κ2) is 9.55. The van der Waals surface area contributed by atoms with Crippen molar-refractivity contribution in [2.45, 2.75) is 30.6 Å². The van der Waals surface area contributed by atoms with E-state index in [0.29, 0.717) is 12.8 Å². The molecular formula is C20H24ClN3O7S. The molecule has 32 heavy (non-hydrogen) atoms. The van der Waals surface area contributed by atoms with Gasteiger partial charge in [-0.1, -0.05) is 24.4 Å². The van der Waals surface area contributed by atoms with Gasteiger partial charge >= 0.3 is 5.97 Å². The van der Waals surface area contributed by atoms with Crippen LogP contribution in [0.5, 0.6) is 0 Å². The van der Waals surface area contributed by atoms with Crippen LogP contribution >= 0.6 is 11.6 Å². The summed E-state index contributed by atoms with van der Waals surface area (Å²) in [6, 6.07) is 3.82. The van der Waals surface area contributed by atoms with Crippen molar-refractivity contribution >= 4 is 51.0 Å². The summed E-state index contributed by atoms with van der Waals surface area (Å²) in [5.74, 6) is -3.14. The van der Waals surface area contributed by atoms with E-state index in [9.17, 15) is 27.6 Å². The first-order valence-electron chi connectivity index (χ1n) is 10.0. The molecule has 2 fully saturated rings. The lowest BCUT2D eigenvalue weighted by Crippen LogP contribution is -2.37. The van der Waals surface area contributed by atoms with Crippen LogP contribution in [0.4, 0.5) is 5.69 Å². The van der Waals surface area contributed by atoms with E-state index in [0.717, 1.165) is 22.0 Å². The largest absolute Gasteiger partial charge is 0.454 e. The summed E-state index contributed by atoms with van der Waals surface area (Å²) in [6.45, 7) is -1.24. The molecule has 3 amide bonds. The molecule has 1 heterocycles. The summed E-state index contributed by atoms with van der Waals surface area (Å²) in [7, 11) is -1.01. The quantitative estimate of drug-likeness (QED) is 0.454. The van der Waals surface area contributed by atoms with Crippen LogP contribution < -0.4 is 5.32 Å². The highest BCUT2D eigenvalue weighted by Gasteiger charge is 2.48. The Kier molecular flexibility index (Phi) is 7.21. The lowest BCUT2D eigenvalue weighted by Gasteiger charge is -2.19. The van der Waals surface area contributed by atoms with Gasteiger partial charge in [-0.05, 0) is 31.0 Å². The third kappa shape index (κ3) is 4.94. The van der Waals surface area contributed by atoms with Gasteiger partial charge in [0.05, 0.1) is 27.4 Å². The van der Waals surface area contributed by atoms with E-state index < -0.39 is 35.1 Å². The van der Waals surface area contributed by atoms with Crippen LogP contribution in [0.2, 0.25) is 5.02 Å². The molecule has 1 aromatic rings. The van der Waals surface area contributed by atoms with Crippen molar-refractivity contribution in [1.29, 1.82) is 0 Å². The van der Waals surface area contributed by atoms with Gasteiger partial charge < -0.3 is 10.1 Å². The number of anilines is 1. The van der Waals surface area contributed by atoms with E-state index in [1.807, 2.05) is 0 Å². The highest BCUT2D eigenvalue weighted by atomic mass is 35.5. The first-order chi connectivity index (χ1) is 15.0. The van der Waals surface area contributed by atoms with E-state index in [-0.39, 0.29) is 39.3 Å². The third-order valence-corrected chi connectivity index (χ3v) is 7.72. The molecule has 0 bridgehead atoms. The average Bonchev–Trinajstić information content (AvgIpc) is 2.98.